The molecule has 2 heteroatoms. The molecule has 0 aromatic heterocycles. The fraction of sp³-hybridized carbons (Fsp3) is 1.00. The second-order valence-electron chi connectivity index (χ2n) is 3.10. The van der Waals surface area contributed by atoms with Crippen LogP contribution in [0.3, 0.4) is 0 Å². The third-order valence-electron chi connectivity index (χ3n) is 2.08. The summed E-state index contributed by atoms with van der Waals surface area (Å²) in [6, 6.07) is 0. The number of rotatable bonds is 3. The normalized spacial score (nSPS) is 27.6. The summed E-state index contributed by atoms with van der Waals surface area (Å²) in [7, 11) is 0. The summed E-state index contributed by atoms with van der Waals surface area (Å²) in [6.07, 6.45) is 3.46. The Kier molecular flexibility index (Phi) is 3.16. The maximum Gasteiger partial charge on any atom is 0.0679 e. The van der Waals surface area contributed by atoms with Crippen molar-refractivity contribution in [3.63, 3.8) is 0 Å². The number of aliphatic hydroxyl groups excluding tert-OH is 1. The van der Waals surface area contributed by atoms with E-state index >= 15 is 0 Å². The van der Waals surface area contributed by atoms with Crippen LogP contribution < -0.4 is 0 Å². The molecule has 0 amide bonds. The number of hydrogen-bond donors (Lipinski definition) is 1. The van der Waals surface area contributed by atoms with Gasteiger partial charge in [-0.05, 0) is 19.4 Å². The van der Waals surface area contributed by atoms with E-state index in [1.807, 2.05) is 0 Å². The minimum atomic E-state index is -0.0446. The van der Waals surface area contributed by atoms with Crippen molar-refractivity contribution in [2.45, 2.75) is 32.3 Å². The average Bonchev–Trinajstić information content (AvgIpc) is 2.31. The van der Waals surface area contributed by atoms with Crippen molar-refractivity contribution in [2.24, 2.45) is 0 Å². The number of aliphatic hydroxyl groups is 1. The number of hydrogen-bond acceptors (Lipinski definition) is 2. The van der Waals surface area contributed by atoms with Gasteiger partial charge in [-0.1, -0.05) is 13.3 Å². The zero-order valence-electron chi connectivity index (χ0n) is 6.71. The lowest BCUT2D eigenvalue weighted by Gasteiger charge is -2.12. The zero-order chi connectivity index (χ0) is 7.40. The predicted octanol–water partition coefficient (Wildman–Crippen LogP) is 0.853. The number of likely N-dealkylation sites (tertiary alicyclic amines) is 1. The molecule has 1 atom stereocenters. The van der Waals surface area contributed by atoms with Gasteiger partial charge in [0.15, 0.2) is 0 Å². The fourth-order valence-electron chi connectivity index (χ4n) is 1.40. The summed E-state index contributed by atoms with van der Waals surface area (Å²) >= 11 is 0. The summed E-state index contributed by atoms with van der Waals surface area (Å²) in [5.74, 6) is 0. The Morgan fingerprint density at radius 2 is 2.40 bits per heavy atom. The van der Waals surface area contributed by atoms with Crippen LogP contribution in [0.15, 0.2) is 0 Å². The van der Waals surface area contributed by atoms with E-state index < -0.39 is 0 Å². The van der Waals surface area contributed by atoms with E-state index in [-0.39, 0.29) is 6.10 Å². The van der Waals surface area contributed by atoms with Crippen LogP contribution in [0.5, 0.6) is 0 Å². The van der Waals surface area contributed by atoms with Gasteiger partial charge in [-0.25, -0.2) is 0 Å². The van der Waals surface area contributed by atoms with Crippen molar-refractivity contribution in [1.29, 1.82) is 0 Å². The molecule has 0 bridgehead atoms. The van der Waals surface area contributed by atoms with E-state index in [0.717, 1.165) is 19.5 Å². The smallest absolute Gasteiger partial charge is 0.0679 e. The van der Waals surface area contributed by atoms with Gasteiger partial charge >= 0.3 is 0 Å². The van der Waals surface area contributed by atoms with Crippen LogP contribution in [-0.2, 0) is 0 Å². The van der Waals surface area contributed by atoms with Crippen LogP contribution in [0.2, 0.25) is 0 Å². The quantitative estimate of drug-likeness (QED) is 0.633. The highest BCUT2D eigenvalue weighted by molar-refractivity contribution is 4.73. The van der Waals surface area contributed by atoms with Gasteiger partial charge < -0.3 is 10.0 Å². The van der Waals surface area contributed by atoms with Gasteiger partial charge in [0, 0.05) is 13.1 Å². The molecule has 60 valence electrons. The molecule has 1 aliphatic heterocycles. The molecule has 0 spiro atoms. The molecule has 1 N–H and O–H groups in total. The third kappa shape index (κ3) is 2.27. The molecule has 1 saturated heterocycles. The fourth-order valence-corrected chi connectivity index (χ4v) is 1.40. The van der Waals surface area contributed by atoms with Gasteiger partial charge in [0.1, 0.15) is 0 Å². The molecule has 1 fully saturated rings. The SMILES string of the molecule is CCCCN1CC[C@H](O)C1. The maximum absolute atomic E-state index is 9.16. The van der Waals surface area contributed by atoms with E-state index in [9.17, 15) is 0 Å². The predicted molar refractivity (Wildman–Crippen MR) is 42.0 cm³/mol. The van der Waals surface area contributed by atoms with Crippen LogP contribution in [0.25, 0.3) is 0 Å². The largest absolute Gasteiger partial charge is 0.392 e. The average molecular weight is 143 g/mol. The second-order valence-corrected chi connectivity index (χ2v) is 3.10. The van der Waals surface area contributed by atoms with Crippen LogP contribution in [0.4, 0.5) is 0 Å². The number of unbranched alkanes of at least 4 members (excludes halogenated alkanes) is 1. The van der Waals surface area contributed by atoms with Crippen molar-refractivity contribution in [3.05, 3.63) is 0 Å². The lowest BCUT2D eigenvalue weighted by atomic mass is 10.3. The third-order valence-corrected chi connectivity index (χ3v) is 2.08. The van der Waals surface area contributed by atoms with Gasteiger partial charge in [-0.3, -0.25) is 0 Å². The standard InChI is InChI=1S/C8H17NO/c1-2-3-5-9-6-4-8(10)7-9/h8,10H,2-7H2,1H3/t8-/m0/s1. The van der Waals surface area contributed by atoms with Gasteiger partial charge in [0.05, 0.1) is 6.10 Å². The summed E-state index contributed by atoms with van der Waals surface area (Å²) in [5, 5.41) is 9.16. The van der Waals surface area contributed by atoms with Crippen molar-refractivity contribution < 1.29 is 5.11 Å². The minimum Gasteiger partial charge on any atom is -0.392 e. The molecule has 0 aromatic carbocycles. The van der Waals surface area contributed by atoms with Gasteiger partial charge in [-0.15, -0.1) is 0 Å². The molecule has 0 aromatic rings. The first-order valence-electron chi connectivity index (χ1n) is 4.23. The van der Waals surface area contributed by atoms with Crippen molar-refractivity contribution in [1.82, 2.24) is 4.90 Å². The van der Waals surface area contributed by atoms with Crippen molar-refractivity contribution in [3.8, 4) is 0 Å². The van der Waals surface area contributed by atoms with E-state index in [1.54, 1.807) is 0 Å². The summed E-state index contributed by atoms with van der Waals surface area (Å²) < 4.78 is 0. The molecular formula is C8H17NO. The van der Waals surface area contributed by atoms with E-state index in [0.29, 0.717) is 0 Å². The van der Waals surface area contributed by atoms with Crippen LogP contribution >= 0.6 is 0 Å². The van der Waals surface area contributed by atoms with Gasteiger partial charge in [-0.2, -0.15) is 0 Å². The highest BCUT2D eigenvalue weighted by atomic mass is 16.3. The van der Waals surface area contributed by atoms with Crippen molar-refractivity contribution in [2.75, 3.05) is 19.6 Å². The molecule has 0 radical (unpaired) electrons. The Balaban J connectivity index is 2.06. The summed E-state index contributed by atoms with van der Waals surface area (Å²) in [5.41, 5.74) is 0. The minimum absolute atomic E-state index is 0.0446. The van der Waals surface area contributed by atoms with Gasteiger partial charge in [0.2, 0.25) is 0 Å². The number of nitrogens with zero attached hydrogens (tertiary/aromatic N) is 1. The lowest BCUT2D eigenvalue weighted by Crippen LogP contribution is -2.22. The molecule has 0 aliphatic carbocycles. The van der Waals surface area contributed by atoms with Crippen LogP contribution in [0.1, 0.15) is 26.2 Å². The molecule has 0 unspecified atom stereocenters. The molecular weight excluding hydrogens is 126 g/mol. The molecule has 0 saturated carbocycles. The van der Waals surface area contributed by atoms with E-state index in [2.05, 4.69) is 11.8 Å². The summed E-state index contributed by atoms with van der Waals surface area (Å²) in [4.78, 5) is 2.34. The lowest BCUT2D eigenvalue weighted by molar-refractivity contribution is 0.176. The van der Waals surface area contributed by atoms with Gasteiger partial charge in [0.25, 0.3) is 0 Å². The van der Waals surface area contributed by atoms with E-state index in [4.69, 9.17) is 5.11 Å². The molecule has 1 heterocycles. The van der Waals surface area contributed by atoms with E-state index in [1.165, 1.54) is 19.4 Å². The highest BCUT2D eigenvalue weighted by Gasteiger charge is 2.18. The Morgan fingerprint density at radius 3 is 2.90 bits per heavy atom. The Hall–Kier alpha value is -0.0800. The number of β-amino-alcohol motifs (C(OH)–C–C–N with tert-alkyl or cyclic N) is 1. The first kappa shape index (κ1) is 8.02. The topological polar surface area (TPSA) is 23.5 Å². The van der Waals surface area contributed by atoms with Crippen molar-refractivity contribution >= 4 is 0 Å². The Morgan fingerprint density at radius 1 is 1.60 bits per heavy atom. The van der Waals surface area contributed by atoms with Crippen LogP contribution in [0, 0.1) is 0 Å². The second kappa shape index (κ2) is 3.94. The molecule has 10 heavy (non-hydrogen) atoms. The Bertz CT molecular complexity index is 95.3. The highest BCUT2D eigenvalue weighted by Crippen LogP contribution is 2.08. The monoisotopic (exact) mass is 143 g/mol. The first-order valence-corrected chi connectivity index (χ1v) is 4.23. The maximum atomic E-state index is 9.16. The van der Waals surface area contributed by atoms with Crippen LogP contribution in [-0.4, -0.2) is 35.7 Å². The molecule has 1 rings (SSSR count). The molecule has 1 aliphatic rings. The first-order chi connectivity index (χ1) is 4.83. The summed E-state index contributed by atoms with van der Waals surface area (Å²) in [6.45, 7) is 5.38. The Labute approximate surface area is 62.8 Å². The zero-order valence-corrected chi connectivity index (χ0v) is 6.71. The molecule has 2 nitrogen and oxygen atoms in total.